The Kier molecular flexibility index (Phi) is 21.8. The van der Waals surface area contributed by atoms with Gasteiger partial charge in [0.05, 0.1) is 37.4 Å². The van der Waals surface area contributed by atoms with E-state index in [1.807, 2.05) is 13.8 Å². The molecule has 2 aliphatic heterocycles. The Hall–Kier alpha value is 0.268. The largest absolute Gasteiger partial charge is 0.469 e. The molecule has 11 nitrogen and oxygen atoms in total. The maximum Gasteiger partial charge on any atom is 0.313 e. The van der Waals surface area contributed by atoms with Crippen LogP contribution in [-0.2, 0) is 50.9 Å². The van der Waals surface area contributed by atoms with Gasteiger partial charge in [-0.25, -0.2) is 0 Å². The summed E-state index contributed by atoms with van der Waals surface area (Å²) in [5.74, 6) is -2.20. The molecule has 0 aromatic heterocycles. The standard InChI is InChI=1S/C42H87ClO11Si4/c1-19-56(20-2,21-3)48-29-31(43)35(47-30-45-15)37(54-58(25-7,26-8)27-9)34(39(44)46-16)32(52-57(22-4,23-5)24-6)28-33-36(53-55(17,18)41(10,11)12)38-40(49-33)51-42(13,14)50-38/h31-38,40H,19-30H2,1-18H3/t31-,32-,33-,34+,35-,36+,37-,38-,40-/m1/s1. The van der Waals surface area contributed by atoms with E-state index < -0.39 is 99.2 Å². The van der Waals surface area contributed by atoms with Crippen LogP contribution in [-0.4, -0.2) is 121 Å². The van der Waals surface area contributed by atoms with Crippen LogP contribution in [0.4, 0.5) is 0 Å². The van der Waals surface area contributed by atoms with Gasteiger partial charge in [0.25, 0.3) is 0 Å². The first-order valence-electron chi connectivity index (χ1n) is 22.6. The van der Waals surface area contributed by atoms with Crippen molar-refractivity contribution >= 4 is 50.8 Å². The zero-order valence-corrected chi connectivity index (χ0v) is 44.8. The smallest absolute Gasteiger partial charge is 0.313 e. The Morgan fingerprint density at radius 2 is 1.26 bits per heavy atom. The van der Waals surface area contributed by atoms with Gasteiger partial charge in [0.15, 0.2) is 45.3 Å². The van der Waals surface area contributed by atoms with Crippen molar-refractivity contribution < 1.29 is 50.9 Å². The van der Waals surface area contributed by atoms with Crippen LogP contribution in [0.5, 0.6) is 0 Å². The first-order chi connectivity index (χ1) is 27.1. The molecule has 344 valence electrons. The average Bonchev–Trinajstić information content (AvgIpc) is 3.66. The lowest BCUT2D eigenvalue weighted by Crippen LogP contribution is -2.59. The van der Waals surface area contributed by atoms with E-state index in [-0.39, 0.29) is 18.4 Å². The van der Waals surface area contributed by atoms with E-state index in [0.717, 1.165) is 54.4 Å². The molecule has 0 N–H and O–H groups in total. The predicted octanol–water partition coefficient (Wildman–Crippen LogP) is 10.8. The van der Waals surface area contributed by atoms with Crippen LogP contribution >= 0.6 is 11.6 Å². The van der Waals surface area contributed by atoms with E-state index in [4.69, 9.17) is 57.7 Å². The molecule has 0 unspecified atom stereocenters. The van der Waals surface area contributed by atoms with Crippen molar-refractivity contribution in [1.82, 2.24) is 0 Å². The highest BCUT2D eigenvalue weighted by Crippen LogP contribution is 2.46. The highest BCUT2D eigenvalue weighted by Gasteiger charge is 2.59. The summed E-state index contributed by atoms with van der Waals surface area (Å²) < 4.78 is 66.8. The van der Waals surface area contributed by atoms with Crippen molar-refractivity contribution in [1.29, 1.82) is 0 Å². The lowest BCUT2D eigenvalue weighted by Gasteiger charge is -2.46. The number of esters is 1. The van der Waals surface area contributed by atoms with Crippen molar-refractivity contribution in [2.45, 2.75) is 230 Å². The van der Waals surface area contributed by atoms with Crippen LogP contribution in [0.2, 0.25) is 72.5 Å². The van der Waals surface area contributed by atoms with Crippen molar-refractivity contribution in [2.75, 3.05) is 27.6 Å². The molecule has 2 saturated heterocycles. The molecule has 2 fully saturated rings. The number of carbonyl (C=O) groups excluding carboxylic acids is 1. The van der Waals surface area contributed by atoms with Crippen LogP contribution in [0.25, 0.3) is 0 Å². The highest BCUT2D eigenvalue weighted by molar-refractivity contribution is 6.75. The number of carbonyl (C=O) groups is 1. The van der Waals surface area contributed by atoms with Gasteiger partial charge in [0.1, 0.15) is 31.0 Å². The number of ether oxygens (including phenoxy) is 6. The second kappa shape index (κ2) is 23.3. The molecule has 58 heavy (non-hydrogen) atoms. The second-order valence-electron chi connectivity index (χ2n) is 18.6. The third-order valence-electron chi connectivity index (χ3n) is 14.2. The molecule has 16 heteroatoms. The molecule has 2 aliphatic rings. The van der Waals surface area contributed by atoms with Gasteiger partial charge < -0.3 is 46.1 Å². The van der Waals surface area contributed by atoms with E-state index >= 15 is 0 Å². The molecule has 2 heterocycles. The molecule has 0 radical (unpaired) electrons. The van der Waals surface area contributed by atoms with Crippen molar-refractivity contribution in [3.63, 3.8) is 0 Å². The molecule has 2 rings (SSSR count). The topological polar surface area (TPSA) is 109 Å². The summed E-state index contributed by atoms with van der Waals surface area (Å²) in [5.41, 5.74) is 0. The summed E-state index contributed by atoms with van der Waals surface area (Å²) >= 11 is 7.52. The molecule has 0 amide bonds. The maximum atomic E-state index is 14.8. The fourth-order valence-corrected chi connectivity index (χ4v) is 18.5. The predicted molar refractivity (Wildman–Crippen MR) is 245 cm³/mol. The average molecular weight is 916 g/mol. The van der Waals surface area contributed by atoms with Crippen LogP contribution in [0.15, 0.2) is 0 Å². The number of hydrogen-bond donors (Lipinski definition) is 0. The van der Waals surface area contributed by atoms with Crippen molar-refractivity contribution in [2.24, 2.45) is 5.92 Å². The fraction of sp³-hybridized carbons (Fsp3) is 0.976. The summed E-state index contributed by atoms with van der Waals surface area (Å²) in [6.45, 7) is 35.0. The number of methoxy groups -OCH3 is 2. The van der Waals surface area contributed by atoms with Crippen LogP contribution < -0.4 is 0 Å². The molecule has 9 atom stereocenters. The highest BCUT2D eigenvalue weighted by atomic mass is 35.5. The van der Waals surface area contributed by atoms with Crippen LogP contribution in [0.3, 0.4) is 0 Å². The first-order valence-corrected chi connectivity index (χ1v) is 33.5. The van der Waals surface area contributed by atoms with Gasteiger partial charge in [-0.2, -0.15) is 0 Å². The molecular weight excluding hydrogens is 828 g/mol. The van der Waals surface area contributed by atoms with E-state index in [9.17, 15) is 4.79 Å². The normalized spacial score (nSPS) is 24.3. The number of fused-ring (bicyclic) bond motifs is 1. The number of hydrogen-bond acceptors (Lipinski definition) is 11. The first kappa shape index (κ1) is 54.4. The van der Waals surface area contributed by atoms with Gasteiger partial charge in [-0.05, 0) is 86.4 Å². The van der Waals surface area contributed by atoms with E-state index in [2.05, 4.69) is 96.2 Å². The Balaban J connectivity index is 2.94. The van der Waals surface area contributed by atoms with E-state index in [1.165, 1.54) is 7.11 Å². The lowest BCUT2D eigenvalue weighted by molar-refractivity contribution is -0.217. The minimum atomic E-state index is -2.46. The Labute approximate surface area is 363 Å². The SMILES string of the molecule is CC[Si](CC)(CC)OC[C@@H](Cl)[C@@H](OCOC)[C@H](O[Si](CC)(CC)CC)[C@@H](C(=O)OC)[C@@H](C[C@H]1O[C@@H]2OC(C)(C)O[C@@H]2[C@H]1O[Si](C)(C)C(C)(C)C)O[Si](CC)(CC)CC. The second-order valence-corrected chi connectivity index (χ2v) is 38.1. The quantitative estimate of drug-likeness (QED) is 0.0324. The van der Waals surface area contributed by atoms with Gasteiger partial charge in [-0.3, -0.25) is 4.79 Å². The number of alkyl halides is 1. The molecular formula is C42H87ClO11Si4. The summed E-state index contributed by atoms with van der Waals surface area (Å²) in [4.78, 5) is 14.8. The Morgan fingerprint density at radius 1 is 0.759 bits per heavy atom. The molecule has 0 bridgehead atoms. The van der Waals surface area contributed by atoms with Crippen LogP contribution in [0.1, 0.15) is 103 Å². The Bertz CT molecular complexity index is 1190. The summed E-state index contributed by atoms with van der Waals surface area (Å²) in [7, 11) is -6.24. The summed E-state index contributed by atoms with van der Waals surface area (Å²) in [6, 6.07) is 8.14. The van der Waals surface area contributed by atoms with Gasteiger partial charge in [-0.15, -0.1) is 11.6 Å². The van der Waals surface area contributed by atoms with Gasteiger partial charge >= 0.3 is 5.97 Å². The van der Waals surface area contributed by atoms with Gasteiger partial charge in [0.2, 0.25) is 0 Å². The molecule has 0 aromatic carbocycles. The molecule has 0 aliphatic carbocycles. The van der Waals surface area contributed by atoms with E-state index in [0.29, 0.717) is 6.42 Å². The van der Waals surface area contributed by atoms with Crippen LogP contribution in [0, 0.1) is 5.92 Å². The minimum absolute atomic E-state index is 0.0381. The van der Waals surface area contributed by atoms with Gasteiger partial charge in [-0.1, -0.05) is 83.1 Å². The van der Waals surface area contributed by atoms with Crippen molar-refractivity contribution in [3.8, 4) is 0 Å². The molecule has 0 aromatic rings. The minimum Gasteiger partial charge on any atom is -0.469 e. The van der Waals surface area contributed by atoms with Crippen molar-refractivity contribution in [3.05, 3.63) is 0 Å². The maximum absolute atomic E-state index is 14.8. The zero-order valence-electron chi connectivity index (χ0n) is 40.1. The van der Waals surface area contributed by atoms with Gasteiger partial charge in [0, 0.05) is 13.5 Å². The number of rotatable bonds is 28. The third-order valence-corrected chi connectivity index (χ3v) is 33.0. The zero-order chi connectivity index (χ0) is 44.3. The lowest BCUT2D eigenvalue weighted by atomic mass is 9.87. The Morgan fingerprint density at radius 3 is 1.71 bits per heavy atom. The van der Waals surface area contributed by atoms with E-state index in [1.54, 1.807) is 7.11 Å². The third kappa shape index (κ3) is 13.4. The number of halogens is 1. The monoisotopic (exact) mass is 915 g/mol. The molecule has 0 spiro atoms. The summed E-state index contributed by atoms with van der Waals surface area (Å²) in [5, 5.41) is -0.734. The molecule has 0 saturated carbocycles. The summed E-state index contributed by atoms with van der Waals surface area (Å²) in [6.07, 6.45) is -4.06. The fourth-order valence-electron chi connectivity index (χ4n) is 8.44.